The maximum atomic E-state index is 14.0. The van der Waals surface area contributed by atoms with E-state index in [4.69, 9.17) is 28.7 Å². The van der Waals surface area contributed by atoms with Gasteiger partial charge in [-0.1, -0.05) is 46.2 Å². The van der Waals surface area contributed by atoms with E-state index in [2.05, 4.69) is 77.8 Å². The Morgan fingerprint density at radius 3 is 1.38 bits per heavy atom. The Balaban J connectivity index is 3.45. The van der Waals surface area contributed by atoms with Gasteiger partial charge in [-0.2, -0.15) is 25.3 Å². The molecule has 0 aliphatic carbocycles. The van der Waals surface area contributed by atoms with E-state index in [1.165, 1.54) is 38.1 Å². The van der Waals surface area contributed by atoms with Crippen molar-refractivity contribution < 1.29 is 53.4 Å². The van der Waals surface area contributed by atoms with Crippen molar-refractivity contribution in [1.29, 1.82) is 0 Å². The lowest BCUT2D eigenvalue weighted by Crippen LogP contribution is -2.63. The molecule has 1 aromatic rings. The molecule has 0 spiro atoms. The summed E-state index contributed by atoms with van der Waals surface area (Å²) in [6, 6.07) is -4.89. The van der Waals surface area contributed by atoms with Crippen molar-refractivity contribution in [3.63, 3.8) is 0 Å². The van der Waals surface area contributed by atoms with Crippen LogP contribution in [-0.2, 0) is 49.6 Å². The first kappa shape index (κ1) is 64.5. The molecule has 26 nitrogen and oxygen atoms in total. The predicted octanol–water partition coefficient (Wildman–Crippen LogP) is -4.24. The lowest BCUT2D eigenvalue weighted by atomic mass is 9.96. The monoisotopic (exact) mass is 1070 g/mol. The second-order valence-corrected chi connectivity index (χ2v) is 18.6. The van der Waals surface area contributed by atoms with Crippen molar-refractivity contribution in [3.8, 4) is 5.75 Å². The summed E-state index contributed by atoms with van der Waals surface area (Å²) in [5.41, 5.74) is 28.0. The highest BCUT2D eigenvalue weighted by Crippen LogP contribution is 2.14. The van der Waals surface area contributed by atoms with Gasteiger partial charge in [0, 0.05) is 37.9 Å². The maximum Gasteiger partial charge on any atom is 0.245 e. The second-order valence-electron chi connectivity index (χ2n) is 17.8. The van der Waals surface area contributed by atoms with Gasteiger partial charge in [0.1, 0.15) is 54.1 Å². The highest BCUT2D eigenvalue weighted by atomic mass is 32.1. The van der Waals surface area contributed by atoms with Crippen molar-refractivity contribution >= 4 is 90.3 Å². The summed E-state index contributed by atoms with van der Waals surface area (Å²) in [7, 11) is 0. The van der Waals surface area contributed by atoms with Crippen LogP contribution in [0.3, 0.4) is 0 Å². The smallest absolute Gasteiger partial charge is 0.245 e. The van der Waals surface area contributed by atoms with E-state index in [1.54, 1.807) is 13.8 Å². The van der Waals surface area contributed by atoms with Gasteiger partial charge in [-0.05, 0) is 68.6 Å². The Morgan fingerprint density at radius 1 is 0.562 bits per heavy atom. The summed E-state index contributed by atoms with van der Waals surface area (Å²) in [5, 5.41) is 40.9. The third kappa shape index (κ3) is 24.6. The van der Waals surface area contributed by atoms with Gasteiger partial charge in [-0.25, -0.2) is 0 Å². The van der Waals surface area contributed by atoms with Gasteiger partial charge in [-0.15, -0.1) is 0 Å². The van der Waals surface area contributed by atoms with Crippen LogP contribution in [0, 0.1) is 11.8 Å². The number of aromatic hydroxyl groups is 1. The highest BCUT2D eigenvalue weighted by Gasteiger charge is 2.37. The largest absolute Gasteiger partial charge is 0.508 e. The van der Waals surface area contributed by atoms with E-state index in [-0.39, 0.29) is 86.7 Å². The van der Waals surface area contributed by atoms with Crippen molar-refractivity contribution in [1.82, 2.24) is 42.5 Å². The maximum absolute atomic E-state index is 14.0. The summed E-state index contributed by atoms with van der Waals surface area (Å²) in [5.74, 6) is -8.94. The standard InChI is InChI=1S/C45H77N15O11S2/c1-7-23(4)34(59-39(67)31(18-22(2)3)57-40(68)32(20-72)53-25(6)62)42(70)60-35(24(5)61)43(71)55-29(11-9-17-52-45(49)50)38(66)58-33(21-73)41(69)54-28(10-8-16-51-44(47)48)37(65)56-30(36(46)64)19-26-12-14-27(63)15-13-26/h12-15,22-24,28-35,61,63,72-73H,7-11,16-21H2,1-6H3,(H2,46,64)(H,53,62)(H,54,69)(H,55,71)(H,56,65)(H,57,68)(H,58,66)(H,59,67)(H,60,70)(H4,47,48,51)(H4,49,50,52)/t23-,24+,28-,29-,30-,31-,32+,33-,34-,35-/m0/s1. The molecule has 0 aliphatic rings. The van der Waals surface area contributed by atoms with Crippen LogP contribution in [0.5, 0.6) is 5.75 Å². The number of nitrogens with one attached hydrogen (secondary N) is 8. The van der Waals surface area contributed by atoms with Crippen LogP contribution in [0.15, 0.2) is 34.3 Å². The van der Waals surface area contributed by atoms with Crippen LogP contribution >= 0.6 is 25.3 Å². The minimum atomic E-state index is -1.72. The molecule has 0 unspecified atom stereocenters. The number of aliphatic hydroxyl groups excluding tert-OH is 1. The fourth-order valence-electron chi connectivity index (χ4n) is 6.93. The molecule has 410 valence electrons. The van der Waals surface area contributed by atoms with E-state index in [0.717, 1.165) is 0 Å². The second kappa shape index (κ2) is 33.2. The van der Waals surface area contributed by atoms with E-state index >= 15 is 0 Å². The number of thiol groups is 2. The number of amides is 9. The number of hydrogen-bond donors (Lipinski definition) is 17. The van der Waals surface area contributed by atoms with Crippen LogP contribution in [0.4, 0.5) is 0 Å². The molecule has 10 atom stereocenters. The number of nitrogens with zero attached hydrogens (tertiary/aromatic N) is 2. The van der Waals surface area contributed by atoms with Gasteiger partial charge in [-0.3, -0.25) is 53.1 Å². The Morgan fingerprint density at radius 2 is 0.959 bits per heavy atom. The SMILES string of the molecule is CC[C@H](C)[C@H](NC(=O)[C@H](CC(C)C)NC(=O)[C@@H](CS)NC(C)=O)C(=O)N[C@H](C(=O)N[C@@H](CCCN=C(N)N)C(=O)N[C@@H](CS)C(=O)N[C@@H](CCCN=C(N)N)C(=O)N[C@@H](Cc1ccc(O)cc1)C(N)=O)[C@@H](C)O. The predicted molar refractivity (Wildman–Crippen MR) is 280 cm³/mol. The molecule has 73 heavy (non-hydrogen) atoms. The summed E-state index contributed by atoms with van der Waals surface area (Å²) in [6.45, 7) is 9.53. The molecule has 0 radical (unpaired) electrons. The molecule has 0 saturated carbocycles. The Bertz CT molecular complexity index is 2070. The first-order valence-electron chi connectivity index (χ1n) is 23.7. The number of rotatable bonds is 33. The zero-order valence-electron chi connectivity index (χ0n) is 42.2. The van der Waals surface area contributed by atoms with Crippen molar-refractivity contribution in [2.45, 2.75) is 141 Å². The quantitative estimate of drug-likeness (QED) is 0.0137. The van der Waals surface area contributed by atoms with Gasteiger partial charge < -0.3 is 81.4 Å². The Hall–Kier alpha value is -6.55. The molecule has 1 rings (SSSR count). The molecule has 0 fully saturated rings. The minimum Gasteiger partial charge on any atom is -0.508 e. The normalized spacial score (nSPS) is 15.1. The minimum absolute atomic E-state index is 0.00178. The summed E-state index contributed by atoms with van der Waals surface area (Å²) in [4.78, 5) is 128. The number of guanidine groups is 2. The highest BCUT2D eigenvalue weighted by molar-refractivity contribution is 7.80. The summed E-state index contributed by atoms with van der Waals surface area (Å²) >= 11 is 8.39. The molecule has 28 heteroatoms. The number of carbonyl (C=O) groups excluding carboxylic acids is 9. The number of hydrogen-bond acceptors (Lipinski definition) is 15. The number of phenols is 1. The molecule has 9 amide bonds. The first-order chi connectivity index (χ1) is 34.2. The van der Waals surface area contributed by atoms with E-state index < -0.39 is 114 Å². The third-order valence-corrected chi connectivity index (χ3v) is 11.8. The molecule has 0 heterocycles. The Kier molecular flexibility index (Phi) is 29.3. The molecule has 0 aromatic heterocycles. The van der Waals surface area contributed by atoms with Gasteiger partial charge in [0.05, 0.1) is 6.10 Å². The number of nitrogens with two attached hydrogens (primary N) is 5. The molecule has 0 aliphatic heterocycles. The van der Waals surface area contributed by atoms with Gasteiger partial charge >= 0.3 is 0 Å². The average molecular weight is 1070 g/mol. The topological polar surface area (TPSA) is 445 Å². The fraction of sp³-hybridized carbons (Fsp3) is 0.622. The number of aliphatic hydroxyl groups is 1. The molecule has 0 saturated heterocycles. The number of phenolic OH excluding ortho intramolecular Hbond substituents is 1. The zero-order chi connectivity index (χ0) is 55.5. The zero-order valence-corrected chi connectivity index (χ0v) is 44.0. The van der Waals surface area contributed by atoms with E-state index in [0.29, 0.717) is 12.0 Å². The lowest BCUT2D eigenvalue weighted by molar-refractivity contribution is -0.137. The van der Waals surface area contributed by atoms with E-state index in [9.17, 15) is 53.4 Å². The van der Waals surface area contributed by atoms with Crippen LogP contribution in [-0.4, -0.2) is 154 Å². The van der Waals surface area contributed by atoms with E-state index in [1.807, 2.05) is 13.8 Å². The third-order valence-electron chi connectivity index (χ3n) is 11.1. The molecular weight excluding hydrogens is 991 g/mol. The van der Waals surface area contributed by atoms with Crippen LogP contribution in [0.1, 0.15) is 85.6 Å². The van der Waals surface area contributed by atoms with Crippen molar-refractivity contribution in [2.24, 2.45) is 50.5 Å². The molecular formula is C45H77N15O11S2. The van der Waals surface area contributed by atoms with Crippen LogP contribution < -0.4 is 71.2 Å². The number of benzene rings is 1. The number of primary amides is 1. The average Bonchev–Trinajstić information content (AvgIpc) is 3.31. The van der Waals surface area contributed by atoms with Crippen LogP contribution in [0.25, 0.3) is 0 Å². The summed E-state index contributed by atoms with van der Waals surface area (Å²) < 4.78 is 0. The molecule has 0 bridgehead atoms. The van der Waals surface area contributed by atoms with Crippen molar-refractivity contribution in [2.75, 3.05) is 24.6 Å². The number of aliphatic imine (C=N–C) groups is 2. The fourth-order valence-corrected chi connectivity index (χ4v) is 7.44. The van der Waals surface area contributed by atoms with Gasteiger partial charge in [0.15, 0.2) is 11.9 Å². The first-order valence-corrected chi connectivity index (χ1v) is 25.0. The molecule has 1 aromatic carbocycles. The summed E-state index contributed by atoms with van der Waals surface area (Å²) in [6.07, 6.45) is -1.09. The lowest BCUT2D eigenvalue weighted by Gasteiger charge is -2.30. The molecule has 20 N–H and O–H groups in total. The van der Waals surface area contributed by atoms with Crippen LogP contribution in [0.2, 0.25) is 0 Å². The Labute approximate surface area is 436 Å². The number of carbonyl (C=O) groups is 9. The van der Waals surface area contributed by atoms with Crippen molar-refractivity contribution in [3.05, 3.63) is 29.8 Å². The van der Waals surface area contributed by atoms with Gasteiger partial charge in [0.25, 0.3) is 0 Å². The van der Waals surface area contributed by atoms with Gasteiger partial charge in [0.2, 0.25) is 53.2 Å².